The quantitative estimate of drug-likeness (QED) is 0.542. The van der Waals surface area contributed by atoms with Gasteiger partial charge < -0.3 is 14.5 Å². The van der Waals surface area contributed by atoms with E-state index in [2.05, 4.69) is 15.4 Å². The molecule has 1 amide bonds. The van der Waals surface area contributed by atoms with Crippen LogP contribution in [0.4, 0.5) is 5.82 Å². The van der Waals surface area contributed by atoms with Gasteiger partial charge in [-0.2, -0.15) is 4.68 Å². The van der Waals surface area contributed by atoms with Gasteiger partial charge in [0.05, 0.1) is 27.9 Å². The van der Waals surface area contributed by atoms with Crippen molar-refractivity contribution in [2.24, 2.45) is 0 Å². The molecule has 152 valence electrons. The fraction of sp³-hybridized carbons (Fsp3) is 0.235. The number of ether oxygens (including phenoxy) is 1. The third-order valence-corrected chi connectivity index (χ3v) is 4.95. The fourth-order valence-corrected chi connectivity index (χ4v) is 3.25. The zero-order valence-corrected chi connectivity index (χ0v) is 17.3. The number of rotatable bonds is 7. The number of amides is 1. The number of nitrogens with one attached hydrogen (secondary N) is 1. The average Bonchev–Trinajstić information content (AvgIpc) is 3.32. The van der Waals surface area contributed by atoms with Gasteiger partial charge in [-0.05, 0) is 24.4 Å². The molecule has 0 spiro atoms. The number of nitrogens with zero attached hydrogens (tertiary/aromatic N) is 3. The summed E-state index contributed by atoms with van der Waals surface area (Å²) < 4.78 is 11.2. The Hall–Kier alpha value is -2.69. The van der Waals surface area contributed by atoms with Gasteiger partial charge in [-0.3, -0.25) is 9.59 Å². The highest BCUT2D eigenvalue weighted by Gasteiger charge is 2.20. The Balaban J connectivity index is 1.52. The lowest BCUT2D eigenvalue weighted by atomic mass is 10.3. The largest absolute Gasteiger partial charge is 0.452 e. The number of esters is 1. The van der Waals surface area contributed by atoms with Crippen LogP contribution in [0.15, 0.2) is 39.0 Å². The molecule has 0 saturated carbocycles. The van der Waals surface area contributed by atoms with E-state index < -0.39 is 23.7 Å². The lowest BCUT2D eigenvalue weighted by molar-refractivity contribution is -0.153. The smallest absolute Gasteiger partial charge is 0.437 e. The van der Waals surface area contributed by atoms with E-state index in [1.54, 1.807) is 12.1 Å². The number of thiophene rings is 1. The molecule has 12 heteroatoms. The SMILES string of the molecule is C[C@@H](OC(=O)CCn1nc(-c2cccs2)oc1=O)C(=O)Nc1ncc(Cl)cc1Cl. The lowest BCUT2D eigenvalue weighted by Crippen LogP contribution is -2.31. The van der Waals surface area contributed by atoms with E-state index in [0.29, 0.717) is 9.90 Å². The number of aryl methyl sites for hydroxylation is 1. The summed E-state index contributed by atoms with van der Waals surface area (Å²) >= 11 is 13.1. The maximum absolute atomic E-state index is 12.1. The molecule has 0 bridgehead atoms. The van der Waals surface area contributed by atoms with Crippen molar-refractivity contribution in [2.45, 2.75) is 26.0 Å². The molecule has 0 aliphatic carbocycles. The van der Waals surface area contributed by atoms with E-state index in [-0.39, 0.29) is 29.7 Å². The molecule has 0 radical (unpaired) electrons. The topological polar surface area (TPSA) is 116 Å². The van der Waals surface area contributed by atoms with Crippen molar-refractivity contribution in [3.05, 3.63) is 50.4 Å². The van der Waals surface area contributed by atoms with Crippen molar-refractivity contribution in [3.63, 3.8) is 0 Å². The molecule has 0 saturated heterocycles. The van der Waals surface area contributed by atoms with Crippen LogP contribution in [0, 0.1) is 0 Å². The molecule has 3 heterocycles. The monoisotopic (exact) mass is 456 g/mol. The summed E-state index contributed by atoms with van der Waals surface area (Å²) in [6, 6.07) is 4.98. The van der Waals surface area contributed by atoms with E-state index in [9.17, 15) is 14.4 Å². The molecule has 1 N–H and O–H groups in total. The number of halogens is 2. The van der Waals surface area contributed by atoms with Gasteiger partial charge in [0.15, 0.2) is 11.9 Å². The number of hydrogen-bond acceptors (Lipinski definition) is 8. The van der Waals surface area contributed by atoms with Crippen molar-refractivity contribution in [3.8, 4) is 10.8 Å². The van der Waals surface area contributed by atoms with Crippen LogP contribution < -0.4 is 11.1 Å². The Morgan fingerprint density at radius 3 is 2.90 bits per heavy atom. The van der Waals surface area contributed by atoms with Crippen LogP contribution in [0.5, 0.6) is 0 Å². The standard InChI is InChI=1S/C17H14Cl2N4O5S/c1-9(15(25)21-14-11(19)7-10(18)8-20-14)27-13(24)4-5-23-17(26)28-16(22-23)12-3-2-6-29-12/h2-3,6-9H,4-5H2,1H3,(H,20,21,25)/t9-/m1/s1. The third-order valence-electron chi connectivity index (χ3n) is 3.59. The van der Waals surface area contributed by atoms with Gasteiger partial charge in [0, 0.05) is 6.20 Å². The Bertz CT molecular complexity index is 1080. The van der Waals surface area contributed by atoms with Crippen LogP contribution in [0.25, 0.3) is 10.8 Å². The van der Waals surface area contributed by atoms with Crippen LogP contribution in [-0.4, -0.2) is 32.7 Å². The van der Waals surface area contributed by atoms with Crippen molar-refractivity contribution in [2.75, 3.05) is 5.32 Å². The van der Waals surface area contributed by atoms with Gasteiger partial charge in [-0.1, -0.05) is 29.3 Å². The maximum atomic E-state index is 12.1. The number of pyridine rings is 1. The molecule has 0 aromatic carbocycles. The zero-order chi connectivity index (χ0) is 21.0. The van der Waals surface area contributed by atoms with Gasteiger partial charge in [-0.15, -0.1) is 16.4 Å². The van der Waals surface area contributed by atoms with Gasteiger partial charge in [0.25, 0.3) is 11.8 Å². The van der Waals surface area contributed by atoms with Crippen LogP contribution >= 0.6 is 34.5 Å². The summed E-state index contributed by atoms with van der Waals surface area (Å²) in [5.74, 6) is -1.71. The summed E-state index contributed by atoms with van der Waals surface area (Å²) in [6.45, 7) is 1.35. The first-order valence-corrected chi connectivity index (χ1v) is 9.90. The zero-order valence-electron chi connectivity index (χ0n) is 14.9. The fourth-order valence-electron chi connectivity index (χ4n) is 2.18. The second-order valence-corrected chi connectivity index (χ2v) is 7.52. The van der Waals surface area contributed by atoms with Crippen molar-refractivity contribution < 1.29 is 18.7 Å². The van der Waals surface area contributed by atoms with Gasteiger partial charge in [-0.25, -0.2) is 9.78 Å². The summed E-state index contributed by atoms with van der Waals surface area (Å²) in [7, 11) is 0. The number of hydrogen-bond donors (Lipinski definition) is 1. The number of carbonyl (C=O) groups excluding carboxylic acids is 2. The minimum absolute atomic E-state index is 0.0501. The predicted octanol–water partition coefficient (Wildman–Crippen LogP) is 3.23. The van der Waals surface area contributed by atoms with E-state index in [0.717, 1.165) is 4.68 Å². The second kappa shape index (κ2) is 9.21. The Morgan fingerprint density at radius 2 is 2.21 bits per heavy atom. The molecule has 0 fully saturated rings. The molecule has 0 aliphatic rings. The van der Waals surface area contributed by atoms with E-state index in [1.165, 1.54) is 30.5 Å². The molecule has 29 heavy (non-hydrogen) atoms. The first-order valence-electron chi connectivity index (χ1n) is 8.26. The van der Waals surface area contributed by atoms with Crippen molar-refractivity contribution >= 4 is 52.2 Å². The highest BCUT2D eigenvalue weighted by atomic mass is 35.5. The molecule has 1 atom stereocenters. The number of carbonyl (C=O) groups is 2. The Labute approximate surface area is 178 Å². The minimum Gasteiger partial charge on any atom is -0.452 e. The van der Waals surface area contributed by atoms with Crippen LogP contribution in [0.1, 0.15) is 13.3 Å². The average molecular weight is 457 g/mol. The molecule has 3 rings (SSSR count). The van der Waals surface area contributed by atoms with Gasteiger partial charge in [0.1, 0.15) is 0 Å². The number of anilines is 1. The Kier molecular flexibility index (Phi) is 6.68. The van der Waals surface area contributed by atoms with E-state index >= 15 is 0 Å². The van der Waals surface area contributed by atoms with Crippen molar-refractivity contribution in [1.82, 2.24) is 14.8 Å². The van der Waals surface area contributed by atoms with Crippen LogP contribution in [0.3, 0.4) is 0 Å². The summed E-state index contributed by atoms with van der Waals surface area (Å²) in [5.41, 5.74) is 0. The predicted molar refractivity (Wildman–Crippen MR) is 107 cm³/mol. The highest BCUT2D eigenvalue weighted by molar-refractivity contribution is 7.13. The summed E-state index contributed by atoms with van der Waals surface area (Å²) in [4.78, 5) is 40.6. The molecular formula is C17H14Cl2N4O5S. The Morgan fingerprint density at radius 1 is 1.41 bits per heavy atom. The molecule has 0 unspecified atom stereocenters. The van der Waals surface area contributed by atoms with E-state index in [4.69, 9.17) is 32.4 Å². The first-order chi connectivity index (χ1) is 13.8. The molecule has 0 aliphatic heterocycles. The van der Waals surface area contributed by atoms with Crippen LogP contribution in [-0.2, 0) is 20.9 Å². The summed E-state index contributed by atoms with van der Waals surface area (Å²) in [5, 5.41) is 8.77. The maximum Gasteiger partial charge on any atom is 0.437 e. The normalized spacial score (nSPS) is 11.8. The van der Waals surface area contributed by atoms with Gasteiger partial charge in [0.2, 0.25) is 0 Å². The van der Waals surface area contributed by atoms with Crippen LogP contribution in [0.2, 0.25) is 10.0 Å². The number of aromatic nitrogens is 3. The molecule has 3 aromatic rings. The molecule has 3 aromatic heterocycles. The van der Waals surface area contributed by atoms with E-state index in [1.807, 2.05) is 5.38 Å². The minimum atomic E-state index is -1.10. The van der Waals surface area contributed by atoms with Gasteiger partial charge >= 0.3 is 11.7 Å². The molecule has 9 nitrogen and oxygen atoms in total. The van der Waals surface area contributed by atoms with Crippen molar-refractivity contribution in [1.29, 1.82) is 0 Å². The highest BCUT2D eigenvalue weighted by Crippen LogP contribution is 2.23. The third kappa shape index (κ3) is 5.43. The second-order valence-electron chi connectivity index (χ2n) is 5.73. The lowest BCUT2D eigenvalue weighted by Gasteiger charge is -2.13. The molecular weight excluding hydrogens is 443 g/mol. The first kappa shape index (κ1) is 21.0. The summed E-state index contributed by atoms with van der Waals surface area (Å²) in [6.07, 6.45) is 0.0417.